The molecular weight excluding hydrogens is 576 g/mol. The van der Waals surface area contributed by atoms with Gasteiger partial charge in [-0.05, 0) is 81.1 Å². The smallest absolute Gasteiger partial charge is 0.305 e. The Morgan fingerprint density at radius 3 is 2.57 bits per heavy atom. The Morgan fingerprint density at radius 1 is 1.09 bits per heavy atom. The van der Waals surface area contributed by atoms with Crippen molar-refractivity contribution in [2.75, 3.05) is 7.11 Å². The van der Waals surface area contributed by atoms with E-state index < -0.39 is 0 Å². The van der Waals surface area contributed by atoms with Gasteiger partial charge in [-0.15, -0.1) is 0 Å². The first-order valence-electron chi connectivity index (χ1n) is 16.1. The first kappa shape index (κ1) is 29.9. The van der Waals surface area contributed by atoms with Gasteiger partial charge in [-0.1, -0.05) is 13.8 Å². The van der Waals surface area contributed by atoms with Crippen molar-refractivity contribution < 1.29 is 14.6 Å². The number of nitrogens with one attached hydrogen (secondary N) is 1. The number of hydrogen-bond acceptors (Lipinski definition) is 8. The van der Waals surface area contributed by atoms with Gasteiger partial charge < -0.3 is 19.7 Å². The third-order valence-corrected chi connectivity index (χ3v) is 10.4. The number of aliphatic hydroxyl groups is 1. The number of carbonyl (C=O) groups is 1. The Kier molecular flexibility index (Phi) is 7.30. The molecule has 0 spiro atoms. The van der Waals surface area contributed by atoms with E-state index in [-0.39, 0.29) is 23.8 Å². The number of fused-ring (bicyclic) bond motifs is 5. The van der Waals surface area contributed by atoms with Crippen molar-refractivity contribution in [3.05, 3.63) is 110 Å². The fourth-order valence-corrected chi connectivity index (χ4v) is 7.68. The van der Waals surface area contributed by atoms with Crippen molar-refractivity contribution in [3.8, 4) is 0 Å². The number of aliphatic imine (C=N–C) groups is 3. The van der Waals surface area contributed by atoms with Crippen LogP contribution in [0.1, 0.15) is 73.3 Å². The standard InChI is InChI=1S/C37H40N6O3/c1-8-23-18(2)26-16-31-34(22(6)43-12-11-38-17-43)20(4)28(40-31)14-27-19(3)24(9-10-33(45)46-7)36(41-27)25-13-32(44)35-21(5)29(42-37(25)35)15-30(23)39-26/h11-12,14-17,19,22,24,41,44H,8-10,13H2,1-7H3/t19-,22?,24-/m0/s1. The molecule has 1 aliphatic carbocycles. The van der Waals surface area contributed by atoms with E-state index in [2.05, 4.69) is 67.7 Å². The van der Waals surface area contributed by atoms with Crippen LogP contribution >= 0.6 is 0 Å². The maximum Gasteiger partial charge on any atom is 0.305 e. The van der Waals surface area contributed by atoms with Crippen LogP contribution in [0.2, 0.25) is 0 Å². The van der Waals surface area contributed by atoms with Crippen molar-refractivity contribution in [1.82, 2.24) is 14.9 Å². The Labute approximate surface area is 269 Å². The maximum atomic E-state index is 12.3. The Morgan fingerprint density at radius 2 is 1.85 bits per heavy atom. The highest BCUT2D eigenvalue weighted by atomic mass is 16.5. The lowest BCUT2D eigenvalue weighted by atomic mass is 9.86. The number of methoxy groups -OCH3 is 1. The number of allylic oxidation sites excluding steroid dienone is 12. The van der Waals surface area contributed by atoms with E-state index in [9.17, 15) is 9.90 Å². The van der Waals surface area contributed by atoms with Gasteiger partial charge in [0.25, 0.3) is 0 Å². The van der Waals surface area contributed by atoms with E-state index in [1.807, 2.05) is 19.4 Å². The molecule has 6 aliphatic rings. The van der Waals surface area contributed by atoms with Gasteiger partial charge in [0.1, 0.15) is 5.76 Å². The van der Waals surface area contributed by atoms with Gasteiger partial charge in [0.15, 0.2) is 0 Å². The molecule has 1 fully saturated rings. The number of esters is 1. The van der Waals surface area contributed by atoms with E-state index in [1.165, 1.54) is 12.7 Å². The minimum atomic E-state index is -0.233. The highest BCUT2D eigenvalue weighted by molar-refractivity contribution is 6.21. The molecule has 2 N–H and O–H groups in total. The molecule has 6 heterocycles. The van der Waals surface area contributed by atoms with Crippen molar-refractivity contribution in [2.24, 2.45) is 26.8 Å². The summed E-state index contributed by atoms with van der Waals surface area (Å²) in [5.74, 6) is 0.179. The fraction of sp³-hybridized carbons (Fsp3) is 0.378. The van der Waals surface area contributed by atoms with Crippen LogP contribution < -0.4 is 5.32 Å². The van der Waals surface area contributed by atoms with E-state index in [1.54, 1.807) is 6.20 Å². The van der Waals surface area contributed by atoms with Crippen LogP contribution in [0.15, 0.2) is 125 Å². The van der Waals surface area contributed by atoms with Gasteiger partial charge in [-0.25, -0.2) is 20.0 Å². The van der Waals surface area contributed by atoms with E-state index in [0.717, 1.165) is 85.5 Å². The molecule has 9 heteroatoms. The molecule has 5 aliphatic heterocycles. The van der Waals surface area contributed by atoms with Gasteiger partial charge in [0.2, 0.25) is 0 Å². The quantitative estimate of drug-likeness (QED) is 0.332. The third kappa shape index (κ3) is 4.63. The van der Waals surface area contributed by atoms with Gasteiger partial charge in [-0.3, -0.25) is 4.79 Å². The number of imidazole rings is 1. The van der Waals surface area contributed by atoms with Crippen LogP contribution in [0, 0.1) is 11.8 Å². The molecule has 3 atom stereocenters. The van der Waals surface area contributed by atoms with Crippen LogP contribution in [-0.2, 0) is 9.53 Å². The summed E-state index contributed by atoms with van der Waals surface area (Å²) in [6.45, 7) is 12.8. The average molecular weight is 617 g/mol. The molecule has 9 nitrogen and oxygen atoms in total. The zero-order valence-electron chi connectivity index (χ0n) is 27.5. The molecule has 0 aromatic carbocycles. The van der Waals surface area contributed by atoms with Crippen LogP contribution in [-0.4, -0.2) is 44.9 Å². The molecule has 46 heavy (non-hydrogen) atoms. The first-order chi connectivity index (χ1) is 22.1. The zero-order valence-corrected chi connectivity index (χ0v) is 27.5. The van der Waals surface area contributed by atoms with Gasteiger partial charge >= 0.3 is 5.97 Å². The maximum absolute atomic E-state index is 12.3. The zero-order chi connectivity index (χ0) is 32.4. The number of rotatable bonds is 6. The highest BCUT2D eigenvalue weighted by Crippen LogP contribution is 2.46. The number of ether oxygens (including phenoxy) is 1. The summed E-state index contributed by atoms with van der Waals surface area (Å²) in [6.07, 6.45) is 14.1. The lowest BCUT2D eigenvalue weighted by molar-refractivity contribution is -0.140. The molecule has 1 unspecified atom stereocenters. The summed E-state index contributed by atoms with van der Waals surface area (Å²) in [4.78, 5) is 32.1. The molecule has 7 rings (SSSR count). The predicted molar refractivity (Wildman–Crippen MR) is 180 cm³/mol. The lowest BCUT2D eigenvalue weighted by Gasteiger charge is -2.17. The molecule has 1 aromatic heterocycles. The molecule has 1 aromatic rings. The second-order valence-corrected chi connectivity index (χ2v) is 12.8. The van der Waals surface area contributed by atoms with Crippen LogP contribution in [0.5, 0.6) is 0 Å². The van der Waals surface area contributed by atoms with Crippen LogP contribution in [0.4, 0.5) is 0 Å². The summed E-state index contributed by atoms with van der Waals surface area (Å²) in [5.41, 5.74) is 14.5. The van der Waals surface area contributed by atoms with E-state index >= 15 is 0 Å². The molecular formula is C37H40N6O3. The predicted octanol–water partition coefficient (Wildman–Crippen LogP) is 7.07. The molecule has 236 valence electrons. The average Bonchev–Trinajstić information content (AvgIpc) is 3.87. The Hall–Kier alpha value is -4.79. The highest BCUT2D eigenvalue weighted by Gasteiger charge is 2.41. The second kappa shape index (κ2) is 11.2. The normalized spacial score (nSPS) is 24.3. The Balaban J connectivity index is 1.46. The van der Waals surface area contributed by atoms with Crippen molar-refractivity contribution >= 4 is 23.1 Å². The third-order valence-electron chi connectivity index (χ3n) is 10.4. The van der Waals surface area contributed by atoms with Crippen molar-refractivity contribution in [2.45, 2.75) is 73.3 Å². The van der Waals surface area contributed by atoms with Crippen LogP contribution in [0.25, 0.3) is 0 Å². The summed E-state index contributed by atoms with van der Waals surface area (Å²) in [7, 11) is 1.43. The molecule has 8 bridgehead atoms. The largest absolute Gasteiger partial charge is 0.511 e. The number of aromatic nitrogens is 2. The SMILES string of the molecule is CCC1=C(C)C2=NC1=CC1=C(C)C3=C(O)CC(=C4NC(=CC5=NC(=C2)C(C(C)n2ccnc2)=C5C)[C@@H](C)[C@@H]4CCC(=O)OC)C3=N1. The van der Waals surface area contributed by atoms with Crippen molar-refractivity contribution in [1.29, 1.82) is 0 Å². The van der Waals surface area contributed by atoms with E-state index in [0.29, 0.717) is 25.0 Å². The fourth-order valence-electron chi connectivity index (χ4n) is 7.68. The minimum absolute atomic E-state index is 0.00609. The molecule has 0 amide bonds. The second-order valence-electron chi connectivity index (χ2n) is 12.8. The summed E-state index contributed by atoms with van der Waals surface area (Å²) in [5, 5.41) is 15.0. The van der Waals surface area contributed by atoms with Crippen molar-refractivity contribution in [3.63, 3.8) is 0 Å². The van der Waals surface area contributed by atoms with Gasteiger partial charge in [0, 0.05) is 65.2 Å². The number of nitrogens with zero attached hydrogens (tertiary/aromatic N) is 5. The Bertz CT molecular complexity index is 1930. The number of carbonyl (C=O) groups excluding carboxylic acids is 1. The monoisotopic (exact) mass is 616 g/mol. The van der Waals surface area contributed by atoms with Gasteiger partial charge in [0.05, 0.1) is 53.7 Å². The topological polar surface area (TPSA) is 113 Å². The van der Waals surface area contributed by atoms with Gasteiger partial charge in [-0.2, -0.15) is 0 Å². The molecule has 0 saturated carbocycles. The minimum Gasteiger partial charge on any atom is -0.511 e. The lowest BCUT2D eigenvalue weighted by Crippen LogP contribution is -2.16. The summed E-state index contributed by atoms with van der Waals surface area (Å²) in [6, 6.07) is 0.00609. The van der Waals surface area contributed by atoms with Crippen LogP contribution in [0.3, 0.4) is 0 Å². The first-order valence-corrected chi connectivity index (χ1v) is 16.1. The number of hydrogen-bond donors (Lipinski definition) is 2. The summed E-state index contributed by atoms with van der Waals surface area (Å²) < 4.78 is 7.12. The molecule has 0 radical (unpaired) electrons. The van der Waals surface area contributed by atoms with E-state index in [4.69, 9.17) is 19.7 Å². The molecule has 1 saturated heterocycles. The number of aliphatic hydroxyl groups excluding tert-OH is 1. The summed E-state index contributed by atoms with van der Waals surface area (Å²) >= 11 is 0.